The van der Waals surface area contributed by atoms with Gasteiger partial charge in [-0.15, -0.1) is 0 Å². The van der Waals surface area contributed by atoms with E-state index in [1.807, 2.05) is 24.3 Å². The number of amidine groups is 1. The number of carbonyl (C=O) groups is 3. The number of hydrogen-bond donors (Lipinski definition) is 2. The highest BCUT2D eigenvalue weighted by Gasteiger charge is 2.36. The number of piperidine rings is 1. The molecule has 34 heavy (non-hydrogen) atoms. The van der Waals surface area contributed by atoms with E-state index in [2.05, 4.69) is 11.9 Å². The molecule has 0 saturated carbocycles. The van der Waals surface area contributed by atoms with E-state index in [0.717, 1.165) is 24.0 Å². The van der Waals surface area contributed by atoms with E-state index < -0.39 is 18.2 Å². The fourth-order valence-electron chi connectivity index (χ4n) is 4.58. The van der Waals surface area contributed by atoms with Crippen LogP contribution in [-0.2, 0) is 14.3 Å². The van der Waals surface area contributed by atoms with Gasteiger partial charge in [0, 0.05) is 45.1 Å². The van der Waals surface area contributed by atoms with Gasteiger partial charge in [-0.2, -0.15) is 0 Å². The number of carbonyl (C=O) groups excluding carboxylic acids is 2. The maximum absolute atomic E-state index is 12.8. The Morgan fingerprint density at radius 1 is 1.18 bits per heavy atom. The summed E-state index contributed by atoms with van der Waals surface area (Å²) in [5.41, 5.74) is 7.89. The minimum absolute atomic E-state index is 0.0544. The van der Waals surface area contributed by atoms with Gasteiger partial charge < -0.3 is 25.4 Å². The van der Waals surface area contributed by atoms with Crippen molar-refractivity contribution < 1.29 is 24.2 Å². The highest BCUT2D eigenvalue weighted by Crippen LogP contribution is 2.32. The third-order valence-electron chi connectivity index (χ3n) is 6.73. The third-order valence-corrected chi connectivity index (χ3v) is 6.73. The lowest BCUT2D eigenvalue weighted by Gasteiger charge is -2.38. The topological polar surface area (TPSA) is 126 Å². The Morgan fingerprint density at radius 2 is 1.85 bits per heavy atom. The summed E-state index contributed by atoms with van der Waals surface area (Å²) >= 11 is 0. The zero-order valence-corrected chi connectivity index (χ0v) is 20.1. The van der Waals surface area contributed by atoms with Crippen LogP contribution in [0.3, 0.4) is 0 Å². The van der Waals surface area contributed by atoms with Crippen molar-refractivity contribution in [1.29, 1.82) is 0 Å². The number of likely N-dealkylation sites (tertiary alicyclic amines) is 1. The molecule has 9 heteroatoms. The Kier molecular flexibility index (Phi) is 8.90. The minimum Gasteiger partial charge on any atom is -0.481 e. The first kappa shape index (κ1) is 25.5. The van der Waals surface area contributed by atoms with Crippen molar-refractivity contribution in [3.05, 3.63) is 35.4 Å². The zero-order valence-electron chi connectivity index (χ0n) is 20.1. The van der Waals surface area contributed by atoms with Crippen LogP contribution in [0.4, 0.5) is 4.79 Å². The Balaban J connectivity index is 1.59. The first-order chi connectivity index (χ1) is 16.3. The number of cyclic esters (lactones) is 1. The lowest BCUT2D eigenvalue weighted by molar-refractivity contribution is -0.139. The first-order valence-corrected chi connectivity index (χ1v) is 12.1. The maximum atomic E-state index is 12.8. The van der Waals surface area contributed by atoms with Gasteiger partial charge in [0.1, 0.15) is 11.9 Å². The number of unbranched alkanes of at least 4 members (excludes halogenated alkanes) is 1. The van der Waals surface area contributed by atoms with Gasteiger partial charge in [0.25, 0.3) is 0 Å². The molecule has 0 radical (unpaired) electrons. The average Bonchev–Trinajstić information content (AvgIpc) is 2.81. The summed E-state index contributed by atoms with van der Waals surface area (Å²) in [4.78, 5) is 44.0. The molecule has 2 heterocycles. The Morgan fingerprint density at radius 3 is 2.47 bits per heavy atom. The van der Waals surface area contributed by atoms with Gasteiger partial charge in [0.15, 0.2) is 0 Å². The molecule has 0 spiro atoms. The average molecular weight is 473 g/mol. The molecule has 2 aliphatic rings. The van der Waals surface area contributed by atoms with Gasteiger partial charge in [-0.1, -0.05) is 37.6 Å². The van der Waals surface area contributed by atoms with Crippen LogP contribution in [-0.4, -0.2) is 71.5 Å². The van der Waals surface area contributed by atoms with Crippen LogP contribution < -0.4 is 5.73 Å². The number of aliphatic carboxylic acids is 1. The summed E-state index contributed by atoms with van der Waals surface area (Å²) in [6.45, 7) is 3.90. The smallest absolute Gasteiger partial charge is 0.410 e. The van der Waals surface area contributed by atoms with Crippen LogP contribution in [0.15, 0.2) is 29.3 Å². The van der Waals surface area contributed by atoms with E-state index in [1.54, 1.807) is 16.8 Å². The summed E-state index contributed by atoms with van der Waals surface area (Å²) in [6, 6.07) is 7.52. The normalized spacial score (nSPS) is 21.9. The van der Waals surface area contributed by atoms with Crippen molar-refractivity contribution in [2.24, 2.45) is 16.6 Å². The molecule has 3 N–H and O–H groups in total. The van der Waals surface area contributed by atoms with Crippen LogP contribution in [0.25, 0.3) is 0 Å². The molecule has 0 unspecified atom stereocenters. The van der Waals surface area contributed by atoms with E-state index in [1.165, 1.54) is 0 Å². The molecule has 186 valence electrons. The minimum atomic E-state index is -0.798. The van der Waals surface area contributed by atoms with Crippen molar-refractivity contribution >= 4 is 23.8 Å². The van der Waals surface area contributed by atoms with Crippen LogP contribution >= 0.6 is 0 Å². The predicted octanol–water partition coefficient (Wildman–Crippen LogP) is 3.18. The molecule has 2 fully saturated rings. The van der Waals surface area contributed by atoms with Crippen LogP contribution in [0.1, 0.15) is 69.0 Å². The summed E-state index contributed by atoms with van der Waals surface area (Å²) in [6.07, 6.45) is 3.28. The van der Waals surface area contributed by atoms with Crippen molar-refractivity contribution in [3.8, 4) is 0 Å². The number of carboxylic acid groups (broad SMARTS) is 1. The number of nitrogens with zero attached hydrogens (tertiary/aromatic N) is 3. The van der Waals surface area contributed by atoms with Gasteiger partial charge in [-0.05, 0) is 30.7 Å². The Labute approximate surface area is 201 Å². The molecule has 1 aromatic rings. The third kappa shape index (κ3) is 6.71. The molecule has 3 rings (SSSR count). The molecule has 2 saturated heterocycles. The van der Waals surface area contributed by atoms with Gasteiger partial charge in [-0.25, -0.2) is 4.79 Å². The fraction of sp³-hybridized carbons (Fsp3) is 0.600. The molecule has 1 aromatic carbocycles. The number of aliphatic imine (C=N–C) groups is 1. The van der Waals surface area contributed by atoms with Gasteiger partial charge in [0.2, 0.25) is 5.91 Å². The number of nitrogens with two attached hydrogens (primary N) is 1. The van der Waals surface area contributed by atoms with Gasteiger partial charge in [-0.3, -0.25) is 14.6 Å². The number of ether oxygens (including phenoxy) is 1. The molecule has 0 aliphatic carbocycles. The van der Waals surface area contributed by atoms with E-state index >= 15 is 0 Å². The maximum Gasteiger partial charge on any atom is 0.410 e. The second-order valence-corrected chi connectivity index (χ2v) is 9.24. The summed E-state index contributed by atoms with van der Waals surface area (Å²) in [5, 5.41) is 8.96. The zero-order chi connectivity index (χ0) is 24.7. The number of amides is 2. The van der Waals surface area contributed by atoms with Crippen molar-refractivity contribution in [3.63, 3.8) is 0 Å². The quantitative estimate of drug-likeness (QED) is 0.323. The Hall–Kier alpha value is -3.10. The molecule has 9 nitrogen and oxygen atoms in total. The summed E-state index contributed by atoms with van der Waals surface area (Å²) in [7, 11) is 1.70. The second-order valence-electron chi connectivity index (χ2n) is 9.24. The molecule has 2 atom stereocenters. The van der Waals surface area contributed by atoms with E-state index in [9.17, 15) is 14.4 Å². The number of carboxylic acids is 1. The molecule has 2 amide bonds. The van der Waals surface area contributed by atoms with Crippen LogP contribution in [0.2, 0.25) is 0 Å². The van der Waals surface area contributed by atoms with Gasteiger partial charge in [0.05, 0.1) is 12.5 Å². The number of hydrogen-bond acceptors (Lipinski definition) is 5. The van der Waals surface area contributed by atoms with Crippen molar-refractivity contribution in [2.75, 3.05) is 26.7 Å². The van der Waals surface area contributed by atoms with Crippen LogP contribution in [0, 0.1) is 5.92 Å². The van der Waals surface area contributed by atoms with Crippen LogP contribution in [0.5, 0.6) is 0 Å². The lowest BCUT2D eigenvalue weighted by atomic mass is 9.92. The Bertz CT molecular complexity index is 893. The van der Waals surface area contributed by atoms with Gasteiger partial charge >= 0.3 is 12.1 Å². The fourth-order valence-corrected chi connectivity index (χ4v) is 4.58. The summed E-state index contributed by atoms with van der Waals surface area (Å²) < 4.78 is 5.53. The SMILES string of the molecule is CCCCN=C(N)c1ccc([C@@H]2C[C@H](CC(=O)N3CCC(CC(=O)O)CC3)OC(=O)N2C)cc1. The first-order valence-electron chi connectivity index (χ1n) is 12.1. The number of benzene rings is 1. The molecular formula is C25H36N4O5. The summed E-state index contributed by atoms with van der Waals surface area (Å²) in [5.74, 6) is -0.234. The highest BCUT2D eigenvalue weighted by atomic mass is 16.6. The largest absolute Gasteiger partial charge is 0.481 e. The highest BCUT2D eigenvalue weighted by molar-refractivity contribution is 5.97. The standard InChI is InChI=1S/C25H36N4O5/c1-3-4-11-27-24(26)19-7-5-18(6-8-19)21-15-20(34-25(33)28(21)2)16-22(30)29-12-9-17(10-13-29)14-23(31)32/h5-8,17,20-21H,3-4,9-16H2,1-2H3,(H2,26,27)(H,31,32)/t20-,21+/m1/s1. The predicted molar refractivity (Wildman–Crippen MR) is 129 cm³/mol. The molecule has 0 aromatic heterocycles. The monoisotopic (exact) mass is 472 g/mol. The van der Waals surface area contributed by atoms with E-state index in [4.69, 9.17) is 15.6 Å². The van der Waals surface area contributed by atoms with Crippen molar-refractivity contribution in [1.82, 2.24) is 9.80 Å². The lowest BCUT2D eigenvalue weighted by Crippen LogP contribution is -2.45. The van der Waals surface area contributed by atoms with E-state index in [0.29, 0.717) is 44.7 Å². The molecule has 2 aliphatic heterocycles. The second kappa shape index (κ2) is 11.9. The molecule has 0 bridgehead atoms. The van der Waals surface area contributed by atoms with Crippen molar-refractivity contribution in [2.45, 2.75) is 64.0 Å². The molecular weight excluding hydrogens is 436 g/mol. The van der Waals surface area contributed by atoms with E-state index in [-0.39, 0.29) is 30.7 Å². The number of rotatable bonds is 9.